The lowest BCUT2D eigenvalue weighted by molar-refractivity contribution is 0.100. The van der Waals surface area contributed by atoms with Gasteiger partial charge >= 0.3 is 0 Å². The molecule has 0 saturated heterocycles. The number of carbonyl (C=O) groups is 1. The molecule has 0 fully saturated rings. The maximum Gasteiger partial charge on any atom is 0.248 e. The third-order valence-electron chi connectivity index (χ3n) is 3.88. The zero-order chi connectivity index (χ0) is 15.0. The largest absolute Gasteiger partial charge is 0.398 e. The average Bonchev–Trinajstić information content (AvgIpc) is 2.47. The number of hydrogen-bond donors (Lipinski definition) is 2. The molecule has 2 aromatic carbocycles. The van der Waals surface area contributed by atoms with Crippen molar-refractivity contribution in [3.63, 3.8) is 0 Å². The summed E-state index contributed by atoms with van der Waals surface area (Å²) >= 11 is 6.29. The van der Waals surface area contributed by atoms with Crippen molar-refractivity contribution in [3.8, 4) is 0 Å². The summed E-state index contributed by atoms with van der Waals surface area (Å²) in [7, 11) is 0. The Bertz CT molecular complexity index is 715. The molecule has 21 heavy (non-hydrogen) atoms. The predicted molar refractivity (Wildman–Crippen MR) is 85.6 cm³/mol. The zero-order valence-corrected chi connectivity index (χ0v) is 12.2. The number of nitrogens with two attached hydrogens (primary N) is 2. The van der Waals surface area contributed by atoms with Gasteiger partial charge < -0.3 is 16.4 Å². The highest BCUT2D eigenvalue weighted by atomic mass is 35.5. The molecule has 0 spiro atoms. The monoisotopic (exact) mass is 301 g/mol. The van der Waals surface area contributed by atoms with E-state index in [0.717, 1.165) is 30.9 Å². The topological polar surface area (TPSA) is 72.4 Å². The van der Waals surface area contributed by atoms with E-state index in [1.54, 1.807) is 12.1 Å². The molecule has 0 radical (unpaired) electrons. The Kier molecular flexibility index (Phi) is 3.47. The summed E-state index contributed by atoms with van der Waals surface area (Å²) in [4.78, 5) is 13.4. The zero-order valence-electron chi connectivity index (χ0n) is 11.5. The Balaban J connectivity index is 1.91. The molecule has 4 N–H and O–H groups in total. The van der Waals surface area contributed by atoms with E-state index in [9.17, 15) is 4.79 Å². The molecule has 0 bridgehead atoms. The maximum atomic E-state index is 11.2. The second-order valence-electron chi connectivity index (χ2n) is 5.19. The molecule has 0 aromatic heterocycles. The Morgan fingerprint density at radius 3 is 2.76 bits per heavy atom. The Morgan fingerprint density at radius 1 is 1.24 bits per heavy atom. The Hall–Kier alpha value is -2.20. The minimum atomic E-state index is -0.472. The summed E-state index contributed by atoms with van der Waals surface area (Å²) in [6.45, 7) is 1.60. The molecule has 108 valence electrons. The minimum Gasteiger partial charge on any atom is -0.398 e. The molecule has 0 atom stereocenters. The lowest BCUT2D eigenvalue weighted by atomic mass is 9.97. The summed E-state index contributed by atoms with van der Waals surface area (Å²) in [5, 5.41) is 0.540. The summed E-state index contributed by atoms with van der Waals surface area (Å²) in [5.41, 5.74) is 15.9. The highest BCUT2D eigenvalue weighted by Crippen LogP contribution is 2.32. The molecule has 4 nitrogen and oxygen atoms in total. The fraction of sp³-hybridized carbons (Fsp3) is 0.188. The molecule has 0 aliphatic carbocycles. The summed E-state index contributed by atoms with van der Waals surface area (Å²) < 4.78 is 0. The van der Waals surface area contributed by atoms with E-state index in [0.29, 0.717) is 10.6 Å². The minimum absolute atomic E-state index is 0.422. The number of fused-ring (bicyclic) bond motifs is 1. The number of carbonyl (C=O) groups excluding carboxylic acids is 1. The highest BCUT2D eigenvalue weighted by Gasteiger charge is 2.20. The quantitative estimate of drug-likeness (QED) is 0.837. The molecule has 0 unspecified atom stereocenters. The fourth-order valence-corrected chi connectivity index (χ4v) is 3.06. The van der Waals surface area contributed by atoms with E-state index in [1.165, 1.54) is 11.1 Å². The van der Waals surface area contributed by atoms with Gasteiger partial charge in [-0.05, 0) is 41.8 Å². The van der Waals surface area contributed by atoms with Crippen LogP contribution in [0.2, 0.25) is 5.02 Å². The van der Waals surface area contributed by atoms with Gasteiger partial charge in [0.25, 0.3) is 0 Å². The maximum absolute atomic E-state index is 11.2. The van der Waals surface area contributed by atoms with Crippen molar-refractivity contribution >= 4 is 28.9 Å². The van der Waals surface area contributed by atoms with Gasteiger partial charge in [0.2, 0.25) is 5.91 Å². The van der Waals surface area contributed by atoms with Crippen LogP contribution in [0.4, 0.5) is 11.4 Å². The lowest BCUT2D eigenvalue weighted by Gasteiger charge is -2.32. The van der Waals surface area contributed by atoms with Crippen LogP contribution in [0.1, 0.15) is 21.5 Å². The van der Waals surface area contributed by atoms with E-state index in [-0.39, 0.29) is 0 Å². The van der Waals surface area contributed by atoms with Crippen molar-refractivity contribution in [2.75, 3.05) is 17.2 Å². The SMILES string of the molecule is NC(=O)c1ccc(N2CCc3c(N)cccc3C2)c(Cl)c1. The first-order valence-electron chi connectivity index (χ1n) is 6.77. The normalized spacial score (nSPS) is 13.9. The van der Waals surface area contributed by atoms with Crippen LogP contribution < -0.4 is 16.4 Å². The first kappa shape index (κ1) is 13.8. The molecule has 2 aromatic rings. The first-order chi connectivity index (χ1) is 10.1. The van der Waals surface area contributed by atoms with Crippen LogP contribution in [0.25, 0.3) is 0 Å². The summed E-state index contributed by atoms with van der Waals surface area (Å²) in [6, 6.07) is 11.2. The van der Waals surface area contributed by atoms with Gasteiger partial charge in [-0.25, -0.2) is 0 Å². The van der Waals surface area contributed by atoms with Crippen molar-refractivity contribution in [3.05, 3.63) is 58.1 Å². The number of amides is 1. The molecule has 1 amide bonds. The van der Waals surface area contributed by atoms with Crippen LogP contribution in [-0.2, 0) is 13.0 Å². The van der Waals surface area contributed by atoms with Gasteiger partial charge in [0.1, 0.15) is 0 Å². The van der Waals surface area contributed by atoms with Crippen molar-refractivity contribution in [2.45, 2.75) is 13.0 Å². The number of nitrogen functional groups attached to an aromatic ring is 1. The number of halogens is 1. The molecule has 0 saturated carbocycles. The lowest BCUT2D eigenvalue weighted by Crippen LogP contribution is -2.31. The van der Waals surface area contributed by atoms with Gasteiger partial charge in [-0.15, -0.1) is 0 Å². The third-order valence-corrected chi connectivity index (χ3v) is 4.18. The predicted octanol–water partition coefficient (Wildman–Crippen LogP) is 2.58. The number of anilines is 2. The summed E-state index contributed by atoms with van der Waals surface area (Å²) in [5.74, 6) is -0.472. The molecule has 3 rings (SSSR count). The Labute approximate surface area is 128 Å². The van der Waals surface area contributed by atoms with E-state index in [1.807, 2.05) is 18.2 Å². The second-order valence-corrected chi connectivity index (χ2v) is 5.59. The average molecular weight is 302 g/mol. The first-order valence-corrected chi connectivity index (χ1v) is 7.14. The van der Waals surface area contributed by atoms with Crippen molar-refractivity contribution in [1.82, 2.24) is 0 Å². The van der Waals surface area contributed by atoms with Crippen LogP contribution in [0, 0.1) is 0 Å². The highest BCUT2D eigenvalue weighted by molar-refractivity contribution is 6.33. The number of hydrogen-bond acceptors (Lipinski definition) is 3. The second kappa shape index (κ2) is 5.30. The molecule has 5 heteroatoms. The van der Waals surface area contributed by atoms with Crippen LogP contribution >= 0.6 is 11.6 Å². The van der Waals surface area contributed by atoms with Crippen molar-refractivity contribution < 1.29 is 4.79 Å². The molecular weight excluding hydrogens is 286 g/mol. The number of primary amides is 1. The van der Waals surface area contributed by atoms with Crippen LogP contribution in [0.15, 0.2) is 36.4 Å². The van der Waals surface area contributed by atoms with Gasteiger partial charge in [0, 0.05) is 24.3 Å². The van der Waals surface area contributed by atoms with E-state index in [2.05, 4.69) is 11.0 Å². The standard InChI is InChI=1S/C16H16ClN3O/c17-13-8-10(16(19)21)4-5-15(13)20-7-6-12-11(9-20)2-1-3-14(12)18/h1-5,8H,6-7,9,18H2,(H2,19,21). The van der Waals surface area contributed by atoms with Gasteiger partial charge in [0.05, 0.1) is 10.7 Å². The van der Waals surface area contributed by atoms with Gasteiger partial charge in [0.15, 0.2) is 0 Å². The number of nitrogens with zero attached hydrogens (tertiary/aromatic N) is 1. The number of rotatable bonds is 2. The van der Waals surface area contributed by atoms with Gasteiger partial charge in [-0.2, -0.15) is 0 Å². The van der Waals surface area contributed by atoms with Gasteiger partial charge in [-0.3, -0.25) is 4.79 Å². The van der Waals surface area contributed by atoms with Crippen LogP contribution in [0.3, 0.4) is 0 Å². The van der Waals surface area contributed by atoms with E-state index >= 15 is 0 Å². The summed E-state index contributed by atoms with van der Waals surface area (Å²) in [6.07, 6.45) is 0.885. The fourth-order valence-electron chi connectivity index (χ4n) is 2.76. The van der Waals surface area contributed by atoms with Crippen molar-refractivity contribution in [1.29, 1.82) is 0 Å². The molecule has 1 aliphatic heterocycles. The van der Waals surface area contributed by atoms with Crippen molar-refractivity contribution in [2.24, 2.45) is 5.73 Å². The Morgan fingerprint density at radius 2 is 2.05 bits per heavy atom. The van der Waals surface area contributed by atoms with Gasteiger partial charge in [-0.1, -0.05) is 23.7 Å². The van der Waals surface area contributed by atoms with E-state index in [4.69, 9.17) is 23.1 Å². The third kappa shape index (κ3) is 2.54. The van der Waals surface area contributed by atoms with Crippen LogP contribution in [0.5, 0.6) is 0 Å². The number of benzene rings is 2. The molecular formula is C16H16ClN3O. The molecule has 1 aliphatic rings. The smallest absolute Gasteiger partial charge is 0.248 e. The van der Waals surface area contributed by atoms with E-state index < -0.39 is 5.91 Å². The molecule has 1 heterocycles. The van der Waals surface area contributed by atoms with Crippen LogP contribution in [-0.4, -0.2) is 12.5 Å².